The molecule has 1 heterocycles. The monoisotopic (exact) mass is 476 g/mol. The number of anilines is 1. The molecule has 4 aromatic rings. The Morgan fingerprint density at radius 2 is 1.74 bits per heavy atom. The summed E-state index contributed by atoms with van der Waals surface area (Å²) in [6, 6.07) is 20.2. The molecule has 0 saturated carbocycles. The summed E-state index contributed by atoms with van der Waals surface area (Å²) < 4.78 is 17.4. The van der Waals surface area contributed by atoms with Gasteiger partial charge in [0.15, 0.2) is 29.0 Å². The second kappa shape index (κ2) is 10.4. The van der Waals surface area contributed by atoms with Gasteiger partial charge in [0.05, 0.1) is 31.0 Å². The van der Waals surface area contributed by atoms with Crippen molar-refractivity contribution in [1.82, 2.24) is 4.98 Å². The van der Waals surface area contributed by atoms with Gasteiger partial charge in [0, 0.05) is 5.56 Å². The van der Waals surface area contributed by atoms with Crippen molar-refractivity contribution >= 4 is 38.4 Å². The van der Waals surface area contributed by atoms with Crippen LogP contribution in [0.3, 0.4) is 0 Å². The van der Waals surface area contributed by atoms with Gasteiger partial charge >= 0.3 is 0 Å². The van der Waals surface area contributed by atoms with E-state index in [0.717, 1.165) is 21.5 Å². The number of rotatable bonds is 9. The number of hydrogen-bond acceptors (Lipinski definition) is 7. The third-order valence-corrected chi connectivity index (χ3v) is 6.26. The Labute approximate surface area is 201 Å². The van der Waals surface area contributed by atoms with E-state index in [4.69, 9.17) is 14.2 Å². The van der Waals surface area contributed by atoms with Crippen molar-refractivity contribution in [3.8, 4) is 17.2 Å². The SMILES string of the molecule is COc1ccc2nc(N(Cc3ccccc3)C(=O)COc3ccc(C(C)=O)cc3OC)sc2c1. The molecule has 0 radical (unpaired) electrons. The first-order valence-electron chi connectivity index (χ1n) is 10.6. The number of aromatic nitrogens is 1. The Morgan fingerprint density at radius 1 is 0.941 bits per heavy atom. The van der Waals surface area contributed by atoms with Crippen molar-refractivity contribution in [3.63, 3.8) is 0 Å². The molecule has 174 valence electrons. The normalized spacial score (nSPS) is 10.7. The van der Waals surface area contributed by atoms with Crippen LogP contribution in [0.15, 0.2) is 66.7 Å². The van der Waals surface area contributed by atoms with Gasteiger partial charge in [-0.3, -0.25) is 14.5 Å². The highest BCUT2D eigenvalue weighted by Gasteiger charge is 2.22. The Bertz CT molecular complexity index is 1320. The van der Waals surface area contributed by atoms with Crippen LogP contribution in [0, 0.1) is 0 Å². The van der Waals surface area contributed by atoms with Crippen LogP contribution in [0.2, 0.25) is 0 Å². The number of ether oxygens (including phenoxy) is 3. The number of ketones is 1. The molecule has 34 heavy (non-hydrogen) atoms. The molecule has 0 aliphatic heterocycles. The largest absolute Gasteiger partial charge is 0.497 e. The van der Waals surface area contributed by atoms with E-state index in [1.807, 2.05) is 48.5 Å². The van der Waals surface area contributed by atoms with Crippen LogP contribution in [0.4, 0.5) is 5.13 Å². The zero-order chi connectivity index (χ0) is 24.1. The molecular weight excluding hydrogens is 452 g/mol. The van der Waals surface area contributed by atoms with Crippen molar-refractivity contribution < 1.29 is 23.8 Å². The van der Waals surface area contributed by atoms with E-state index < -0.39 is 0 Å². The fourth-order valence-corrected chi connectivity index (χ4v) is 4.40. The minimum atomic E-state index is -0.257. The second-order valence-corrected chi connectivity index (χ2v) is 8.52. The zero-order valence-electron chi connectivity index (χ0n) is 19.1. The summed E-state index contributed by atoms with van der Waals surface area (Å²) in [7, 11) is 3.11. The van der Waals surface area contributed by atoms with Crippen LogP contribution >= 0.6 is 11.3 Å². The average molecular weight is 477 g/mol. The molecule has 0 fully saturated rings. The Kier molecular flexibility index (Phi) is 7.08. The number of thiazole rings is 1. The molecule has 8 heteroatoms. The van der Waals surface area contributed by atoms with Gasteiger partial charge < -0.3 is 14.2 Å². The molecule has 1 aromatic heterocycles. The van der Waals surface area contributed by atoms with Crippen molar-refractivity contribution in [2.24, 2.45) is 0 Å². The average Bonchev–Trinajstić information content (AvgIpc) is 3.29. The van der Waals surface area contributed by atoms with Gasteiger partial charge in [-0.2, -0.15) is 0 Å². The molecular formula is C26H24N2O5S. The van der Waals surface area contributed by atoms with Crippen LogP contribution in [0.25, 0.3) is 10.2 Å². The van der Waals surface area contributed by atoms with E-state index in [2.05, 4.69) is 4.98 Å². The number of carbonyl (C=O) groups excluding carboxylic acids is 2. The highest BCUT2D eigenvalue weighted by atomic mass is 32.1. The van der Waals surface area contributed by atoms with Crippen molar-refractivity contribution in [2.45, 2.75) is 13.5 Å². The summed E-state index contributed by atoms with van der Waals surface area (Å²) in [5.74, 6) is 1.17. The van der Waals surface area contributed by atoms with E-state index in [9.17, 15) is 9.59 Å². The molecule has 1 amide bonds. The fourth-order valence-electron chi connectivity index (χ4n) is 3.39. The molecule has 0 saturated heterocycles. The van der Waals surface area contributed by atoms with E-state index in [1.54, 1.807) is 30.2 Å². The number of benzene rings is 3. The number of hydrogen-bond donors (Lipinski definition) is 0. The third kappa shape index (κ3) is 5.18. The van der Waals surface area contributed by atoms with Gasteiger partial charge in [0.2, 0.25) is 0 Å². The Morgan fingerprint density at radius 3 is 2.44 bits per heavy atom. The van der Waals surface area contributed by atoms with E-state index >= 15 is 0 Å². The molecule has 0 aliphatic rings. The number of carbonyl (C=O) groups is 2. The molecule has 0 aliphatic carbocycles. The van der Waals surface area contributed by atoms with Crippen LogP contribution in [-0.2, 0) is 11.3 Å². The topological polar surface area (TPSA) is 78.0 Å². The molecule has 3 aromatic carbocycles. The number of methoxy groups -OCH3 is 2. The van der Waals surface area contributed by atoms with Crippen molar-refractivity contribution in [1.29, 1.82) is 0 Å². The third-order valence-electron chi connectivity index (χ3n) is 5.22. The van der Waals surface area contributed by atoms with E-state index in [-0.39, 0.29) is 18.3 Å². The minimum absolute atomic E-state index is 0.0811. The van der Waals surface area contributed by atoms with Gasteiger partial charge in [-0.1, -0.05) is 41.7 Å². The highest BCUT2D eigenvalue weighted by Crippen LogP contribution is 2.33. The maximum absolute atomic E-state index is 13.3. The van der Waals surface area contributed by atoms with Crippen LogP contribution < -0.4 is 19.1 Å². The molecule has 0 N–H and O–H groups in total. The van der Waals surface area contributed by atoms with Gasteiger partial charge in [0.25, 0.3) is 5.91 Å². The number of fused-ring (bicyclic) bond motifs is 1. The lowest BCUT2D eigenvalue weighted by Crippen LogP contribution is -2.34. The molecule has 0 atom stereocenters. The molecule has 0 bridgehead atoms. The molecule has 0 spiro atoms. The highest BCUT2D eigenvalue weighted by molar-refractivity contribution is 7.22. The predicted octanol–water partition coefficient (Wildman–Crippen LogP) is 5.13. The predicted molar refractivity (Wildman–Crippen MR) is 132 cm³/mol. The number of Topliss-reactive ketones (excluding diaryl/α,β-unsaturated/α-hetero) is 1. The summed E-state index contributed by atoms with van der Waals surface area (Å²) in [5, 5.41) is 0.569. The first-order valence-corrected chi connectivity index (χ1v) is 11.4. The smallest absolute Gasteiger partial charge is 0.267 e. The zero-order valence-corrected chi connectivity index (χ0v) is 19.9. The maximum Gasteiger partial charge on any atom is 0.267 e. The maximum atomic E-state index is 13.3. The Hall–Kier alpha value is -3.91. The van der Waals surface area contributed by atoms with Crippen molar-refractivity contribution in [2.75, 3.05) is 25.7 Å². The second-order valence-electron chi connectivity index (χ2n) is 7.51. The first kappa shape index (κ1) is 23.3. The standard InChI is InChI=1S/C26H24N2O5S/c1-17(29)19-9-12-22(23(13-19)32-3)33-16-25(30)28(15-18-7-5-4-6-8-18)26-27-21-11-10-20(31-2)14-24(21)34-26/h4-14H,15-16H2,1-3H3. The van der Waals surface area contributed by atoms with Gasteiger partial charge in [-0.25, -0.2) is 4.98 Å². The number of amides is 1. The van der Waals surface area contributed by atoms with Gasteiger partial charge in [-0.05, 0) is 48.9 Å². The van der Waals surface area contributed by atoms with Gasteiger partial charge in [-0.15, -0.1) is 0 Å². The van der Waals surface area contributed by atoms with E-state index in [0.29, 0.717) is 28.7 Å². The first-order chi connectivity index (χ1) is 16.5. The summed E-state index contributed by atoms with van der Waals surface area (Å²) in [5.41, 5.74) is 2.26. The fraction of sp³-hybridized carbons (Fsp3) is 0.192. The molecule has 7 nitrogen and oxygen atoms in total. The summed E-state index contributed by atoms with van der Waals surface area (Å²) >= 11 is 1.41. The minimum Gasteiger partial charge on any atom is -0.497 e. The van der Waals surface area contributed by atoms with Crippen LogP contribution in [-0.4, -0.2) is 37.5 Å². The quantitative estimate of drug-likeness (QED) is 0.312. The lowest BCUT2D eigenvalue weighted by atomic mass is 10.1. The Balaban J connectivity index is 1.60. The summed E-state index contributed by atoms with van der Waals surface area (Å²) in [4.78, 5) is 31.3. The van der Waals surface area contributed by atoms with Crippen LogP contribution in [0.1, 0.15) is 22.8 Å². The molecule has 0 unspecified atom stereocenters. The lowest BCUT2D eigenvalue weighted by molar-refractivity contribution is -0.120. The van der Waals surface area contributed by atoms with E-state index in [1.165, 1.54) is 25.4 Å². The van der Waals surface area contributed by atoms with Crippen LogP contribution in [0.5, 0.6) is 17.2 Å². The van der Waals surface area contributed by atoms with Gasteiger partial charge in [0.1, 0.15) is 5.75 Å². The van der Waals surface area contributed by atoms with Crippen molar-refractivity contribution in [3.05, 3.63) is 77.9 Å². The summed E-state index contributed by atoms with van der Waals surface area (Å²) in [6.45, 7) is 1.61. The lowest BCUT2D eigenvalue weighted by Gasteiger charge is -2.20. The summed E-state index contributed by atoms with van der Waals surface area (Å²) in [6.07, 6.45) is 0. The molecule has 4 rings (SSSR count). The number of nitrogens with zero attached hydrogens (tertiary/aromatic N) is 2.